The molecule has 4 fully saturated rings. The quantitative estimate of drug-likeness (QED) is 0.295. The second kappa shape index (κ2) is 12.0. The van der Waals surface area contributed by atoms with Crippen LogP contribution in [0.15, 0.2) is 70.5 Å². The lowest BCUT2D eigenvalue weighted by Gasteiger charge is -2.70. The predicted octanol–water partition coefficient (Wildman–Crippen LogP) is 10.1. The Hall–Kier alpha value is -3.12. The van der Waals surface area contributed by atoms with Gasteiger partial charge >= 0.3 is 12.1 Å². The molecule has 0 radical (unpaired) electrons. The largest absolute Gasteiger partial charge is 0.460 e. The van der Waals surface area contributed by atoms with Crippen LogP contribution in [0.1, 0.15) is 111 Å². The first-order valence-corrected chi connectivity index (χ1v) is 18.8. The lowest BCUT2D eigenvalue weighted by atomic mass is 9.34. The van der Waals surface area contributed by atoms with Gasteiger partial charge in [0.1, 0.15) is 6.61 Å². The summed E-state index contributed by atoms with van der Waals surface area (Å²) in [6.45, 7) is 15.3. The SMILES string of the molecule is CC1=C(OC(=O)N2CCCCC2)C(=O)C=C2C1=CC=C1[C@@]2(C)CC[C@@]2(C)[C@@H]3C[C@](C)(C(=O)OCc4cccc(Cl)c4)CC[C@]3(C)CC[C@]12C. The number of amides is 1. The summed E-state index contributed by atoms with van der Waals surface area (Å²) in [5, 5.41) is 0.641. The van der Waals surface area contributed by atoms with Gasteiger partial charge in [-0.1, -0.05) is 69.2 Å². The van der Waals surface area contributed by atoms with E-state index >= 15 is 0 Å². The van der Waals surface area contributed by atoms with E-state index in [9.17, 15) is 14.4 Å². The number of piperidine rings is 1. The fourth-order valence-corrected chi connectivity index (χ4v) is 11.2. The number of halogens is 1. The van der Waals surface area contributed by atoms with Crippen LogP contribution < -0.4 is 0 Å². The molecule has 5 aliphatic carbocycles. The van der Waals surface area contributed by atoms with Crippen LogP contribution >= 0.6 is 11.6 Å². The van der Waals surface area contributed by atoms with Crippen molar-refractivity contribution in [1.29, 1.82) is 0 Å². The maximum atomic E-state index is 13.8. The van der Waals surface area contributed by atoms with Gasteiger partial charge in [-0.05, 0) is 135 Å². The van der Waals surface area contributed by atoms with Gasteiger partial charge in [0.25, 0.3) is 0 Å². The Labute approximate surface area is 297 Å². The van der Waals surface area contributed by atoms with Gasteiger partial charge in [-0.2, -0.15) is 0 Å². The Bertz CT molecular complexity index is 1730. The Morgan fingerprint density at radius 1 is 0.939 bits per heavy atom. The number of ether oxygens (including phenoxy) is 2. The van der Waals surface area contributed by atoms with Crippen molar-refractivity contribution < 1.29 is 23.9 Å². The fraction of sp³-hybridized carbons (Fsp3) is 0.595. The van der Waals surface area contributed by atoms with Gasteiger partial charge in [0, 0.05) is 29.1 Å². The summed E-state index contributed by atoms with van der Waals surface area (Å²) in [5.41, 5.74) is 4.25. The minimum atomic E-state index is -0.555. The van der Waals surface area contributed by atoms with Gasteiger partial charge in [0.2, 0.25) is 5.78 Å². The molecule has 6 nitrogen and oxygen atoms in total. The van der Waals surface area contributed by atoms with Gasteiger partial charge in [-0.3, -0.25) is 9.59 Å². The highest BCUT2D eigenvalue weighted by molar-refractivity contribution is 6.30. The molecule has 1 aromatic rings. The normalized spacial score (nSPS) is 37.0. The van der Waals surface area contributed by atoms with Gasteiger partial charge in [-0.15, -0.1) is 0 Å². The molecule has 0 spiro atoms. The molecular weight excluding hydrogens is 634 g/mol. The number of benzene rings is 1. The number of esters is 1. The lowest BCUT2D eigenvalue weighted by Crippen LogP contribution is -2.62. The molecule has 1 heterocycles. The highest BCUT2D eigenvalue weighted by Gasteiger charge is 2.67. The summed E-state index contributed by atoms with van der Waals surface area (Å²) in [4.78, 5) is 42.3. The smallest absolute Gasteiger partial charge is 0.415 e. The molecule has 1 saturated heterocycles. The zero-order chi connectivity index (χ0) is 35.0. The third kappa shape index (κ3) is 5.38. The summed E-state index contributed by atoms with van der Waals surface area (Å²) >= 11 is 6.19. The Kier molecular flexibility index (Phi) is 8.40. The highest BCUT2D eigenvalue weighted by Crippen LogP contribution is 2.75. The van der Waals surface area contributed by atoms with Gasteiger partial charge in [0.05, 0.1) is 5.41 Å². The average Bonchev–Trinajstić information content (AvgIpc) is 3.08. The highest BCUT2D eigenvalue weighted by atomic mass is 35.5. The van der Waals surface area contributed by atoms with E-state index < -0.39 is 11.5 Å². The molecule has 0 N–H and O–H groups in total. The van der Waals surface area contributed by atoms with Gasteiger partial charge < -0.3 is 14.4 Å². The zero-order valence-corrected chi connectivity index (χ0v) is 30.9. The molecule has 1 amide bonds. The third-order valence-corrected chi connectivity index (χ3v) is 14.6. The van der Waals surface area contributed by atoms with Crippen LogP contribution in [0.2, 0.25) is 5.02 Å². The summed E-state index contributed by atoms with van der Waals surface area (Å²) in [6.07, 6.45) is 15.6. The van der Waals surface area contributed by atoms with Crippen LogP contribution in [0, 0.1) is 33.0 Å². The van der Waals surface area contributed by atoms with Gasteiger partial charge in [-0.25, -0.2) is 4.79 Å². The second-order valence-electron chi connectivity index (χ2n) is 17.2. The van der Waals surface area contributed by atoms with E-state index in [1.54, 1.807) is 11.0 Å². The van der Waals surface area contributed by atoms with Crippen LogP contribution in [-0.4, -0.2) is 35.8 Å². The summed E-state index contributed by atoms with van der Waals surface area (Å²) in [7, 11) is 0. The molecule has 0 bridgehead atoms. The molecule has 6 atom stereocenters. The first-order chi connectivity index (χ1) is 23.1. The Balaban J connectivity index is 1.17. The molecule has 49 heavy (non-hydrogen) atoms. The fourth-order valence-electron chi connectivity index (χ4n) is 10.9. The standard InChI is InChI=1S/C42H52ClNO5/c1-27-30-13-14-33-40(4,31(30)24-32(45)35(27)49-37(47)44-21-8-7-9-22-44)18-20-42(6)34-25-39(3,16-15-38(34,2)17-19-41(33,42)5)36(46)48-26-28-11-10-12-29(43)23-28/h10-14,23-24,34H,7-9,15-22,25-26H2,1-6H3/t34-,38-,39-,40+,41-,42+/m1/s1. The molecule has 262 valence electrons. The van der Waals surface area contributed by atoms with E-state index in [-0.39, 0.29) is 45.8 Å². The summed E-state index contributed by atoms with van der Waals surface area (Å²) in [6, 6.07) is 7.52. The number of hydrogen-bond donors (Lipinski definition) is 0. The molecule has 3 saturated carbocycles. The number of carbonyl (C=O) groups is 3. The number of ketones is 1. The molecule has 1 aliphatic heterocycles. The zero-order valence-electron chi connectivity index (χ0n) is 30.2. The number of carbonyl (C=O) groups excluding carboxylic acids is 3. The molecule has 6 aliphatic rings. The summed E-state index contributed by atoms with van der Waals surface area (Å²) < 4.78 is 11.8. The third-order valence-electron chi connectivity index (χ3n) is 14.4. The van der Waals surface area contributed by atoms with E-state index in [1.165, 1.54) is 5.57 Å². The van der Waals surface area contributed by atoms with Crippen molar-refractivity contribution in [2.24, 2.45) is 33.0 Å². The van der Waals surface area contributed by atoms with Crippen LogP contribution in [0.4, 0.5) is 4.79 Å². The van der Waals surface area contributed by atoms with Crippen molar-refractivity contribution in [2.45, 2.75) is 112 Å². The second-order valence-corrected chi connectivity index (χ2v) is 17.6. The first-order valence-electron chi connectivity index (χ1n) is 18.4. The number of allylic oxidation sites excluding steroid dienone is 7. The molecule has 1 aromatic carbocycles. The van der Waals surface area contributed by atoms with Crippen molar-refractivity contribution in [1.82, 2.24) is 4.90 Å². The number of rotatable bonds is 4. The lowest BCUT2D eigenvalue weighted by molar-refractivity contribution is -0.183. The van der Waals surface area contributed by atoms with E-state index in [1.807, 2.05) is 31.2 Å². The molecule has 0 unspecified atom stereocenters. The number of fused-ring (bicyclic) bond motifs is 7. The Morgan fingerprint density at radius 2 is 1.67 bits per heavy atom. The van der Waals surface area contributed by atoms with E-state index in [0.717, 1.165) is 86.5 Å². The van der Waals surface area contributed by atoms with E-state index in [2.05, 4.69) is 46.8 Å². The average molecular weight is 686 g/mol. The monoisotopic (exact) mass is 685 g/mol. The van der Waals surface area contributed by atoms with Crippen molar-refractivity contribution in [3.05, 3.63) is 81.1 Å². The van der Waals surface area contributed by atoms with Crippen molar-refractivity contribution >= 4 is 29.4 Å². The van der Waals surface area contributed by atoms with Crippen molar-refractivity contribution in [3.63, 3.8) is 0 Å². The molecular formula is C42H52ClNO5. The van der Waals surface area contributed by atoms with Crippen LogP contribution in [0.25, 0.3) is 0 Å². The van der Waals surface area contributed by atoms with Crippen molar-refractivity contribution in [3.8, 4) is 0 Å². The van der Waals surface area contributed by atoms with Gasteiger partial charge in [0.15, 0.2) is 5.76 Å². The Morgan fingerprint density at radius 3 is 2.41 bits per heavy atom. The number of nitrogens with zero attached hydrogens (tertiary/aromatic N) is 1. The van der Waals surface area contributed by atoms with Crippen molar-refractivity contribution in [2.75, 3.05) is 13.1 Å². The number of hydrogen-bond acceptors (Lipinski definition) is 5. The van der Waals surface area contributed by atoms with Crippen LogP contribution in [0.5, 0.6) is 0 Å². The minimum absolute atomic E-state index is 0.0369. The topological polar surface area (TPSA) is 72.9 Å². The van der Waals surface area contributed by atoms with Crippen LogP contribution in [-0.2, 0) is 25.7 Å². The molecule has 0 aromatic heterocycles. The maximum absolute atomic E-state index is 13.8. The first kappa shape index (κ1) is 34.3. The van der Waals surface area contributed by atoms with E-state index in [0.29, 0.717) is 24.0 Å². The summed E-state index contributed by atoms with van der Waals surface area (Å²) in [5.74, 6) is 0.179. The molecule has 7 heteroatoms. The number of likely N-dealkylation sites (tertiary alicyclic amines) is 1. The van der Waals surface area contributed by atoms with Crippen LogP contribution in [0.3, 0.4) is 0 Å². The molecule has 7 rings (SSSR count). The van der Waals surface area contributed by atoms with E-state index in [4.69, 9.17) is 21.1 Å². The maximum Gasteiger partial charge on any atom is 0.415 e. The predicted molar refractivity (Wildman–Crippen MR) is 191 cm³/mol. The minimum Gasteiger partial charge on any atom is -0.460 e.